The number of aliphatic hydroxyl groups excluding tert-OH is 1. The molecule has 8 nitrogen and oxygen atoms in total. The molecule has 1 saturated heterocycles. The number of benzene rings is 3. The molecule has 0 aromatic heterocycles. The van der Waals surface area contributed by atoms with Crippen molar-refractivity contribution in [3.8, 4) is 5.75 Å². The Bertz CT molecular complexity index is 1220. The highest BCUT2D eigenvalue weighted by Gasteiger charge is 2.49. The molecule has 9 heteroatoms. The molecule has 1 aliphatic rings. The molecule has 4 rings (SSSR count). The molecule has 0 saturated carbocycles. The summed E-state index contributed by atoms with van der Waals surface area (Å²) in [5.74, 6) is 0.179. The van der Waals surface area contributed by atoms with Gasteiger partial charge in [0.15, 0.2) is 12.4 Å². The maximum atomic E-state index is 13.2. The van der Waals surface area contributed by atoms with Gasteiger partial charge in [0, 0.05) is 14.7 Å². The molecule has 3 aromatic rings. The van der Waals surface area contributed by atoms with Crippen LogP contribution in [0.3, 0.4) is 0 Å². The van der Waals surface area contributed by atoms with E-state index in [2.05, 4.69) is 19.6 Å². The first-order chi connectivity index (χ1) is 20.2. The van der Waals surface area contributed by atoms with Crippen LogP contribution < -0.4 is 4.74 Å². The van der Waals surface area contributed by atoms with Crippen LogP contribution in [0.25, 0.3) is 0 Å². The number of carbonyl (C=O) groups excluding carboxylic acids is 1. The number of hydrogen-bond donors (Lipinski definition) is 1. The van der Waals surface area contributed by atoms with Crippen molar-refractivity contribution in [3.63, 3.8) is 0 Å². The predicted octanol–water partition coefficient (Wildman–Crippen LogP) is 5.46. The Hall–Kier alpha value is -3.05. The third-order valence-electron chi connectivity index (χ3n) is 7.00. The number of methoxy groups -OCH3 is 1. The number of aliphatic hydroxyl groups is 1. The van der Waals surface area contributed by atoms with Gasteiger partial charge in [-0.2, -0.15) is 0 Å². The highest BCUT2D eigenvalue weighted by Crippen LogP contribution is 2.30. The SMILES string of the molecule is COc1ccc(CO[C@H]2[C@H](O)[C@@H](COCc3ccccc3)O[C@@H](OCC[Si](C)(C)C)[C@@H]2OC(=O)c2ccccc2)cc1. The van der Waals surface area contributed by atoms with Crippen LogP contribution in [0.5, 0.6) is 5.75 Å². The van der Waals surface area contributed by atoms with Crippen LogP contribution in [-0.2, 0) is 36.9 Å². The number of hydrogen-bond acceptors (Lipinski definition) is 8. The maximum Gasteiger partial charge on any atom is 0.338 e. The molecule has 0 amide bonds. The van der Waals surface area contributed by atoms with E-state index in [1.54, 1.807) is 31.4 Å². The summed E-state index contributed by atoms with van der Waals surface area (Å²) in [7, 11) is 0.184. The molecule has 0 aliphatic carbocycles. The van der Waals surface area contributed by atoms with Crippen molar-refractivity contribution in [3.05, 3.63) is 102 Å². The van der Waals surface area contributed by atoms with E-state index in [9.17, 15) is 9.90 Å². The molecule has 1 heterocycles. The molecule has 5 atom stereocenters. The maximum absolute atomic E-state index is 13.2. The monoisotopic (exact) mass is 594 g/mol. The summed E-state index contributed by atoms with van der Waals surface area (Å²) in [5.41, 5.74) is 2.26. The zero-order valence-corrected chi connectivity index (χ0v) is 25.8. The summed E-state index contributed by atoms with van der Waals surface area (Å²) in [6, 6.07) is 26.8. The standard InChI is InChI=1S/C33H42O8Si/c1-36-27-17-15-25(16-18-27)22-39-30-29(34)28(23-37-21-24-11-7-5-8-12-24)40-33(38-19-20-42(2,3)4)31(30)41-32(35)26-13-9-6-10-14-26/h5-18,28-31,33-34H,19-23H2,1-4H3/t28-,29-,30+,31-,33-/m1/s1. The van der Waals surface area contributed by atoms with Gasteiger partial charge in [0.25, 0.3) is 0 Å². The Morgan fingerprint density at radius 2 is 1.48 bits per heavy atom. The summed E-state index contributed by atoms with van der Waals surface area (Å²) < 4.78 is 36.0. The van der Waals surface area contributed by atoms with Crippen molar-refractivity contribution in [1.82, 2.24) is 0 Å². The predicted molar refractivity (Wildman–Crippen MR) is 162 cm³/mol. The second kappa shape index (κ2) is 15.4. The Labute approximate surface area is 249 Å². The van der Waals surface area contributed by atoms with Crippen LogP contribution in [0.15, 0.2) is 84.9 Å². The molecular weight excluding hydrogens is 552 g/mol. The van der Waals surface area contributed by atoms with Crippen molar-refractivity contribution < 1.29 is 38.3 Å². The van der Waals surface area contributed by atoms with Crippen LogP contribution in [-0.4, -0.2) is 70.2 Å². The molecule has 1 N–H and O–H groups in total. The number of carbonyl (C=O) groups is 1. The van der Waals surface area contributed by atoms with E-state index < -0.39 is 44.7 Å². The zero-order chi connectivity index (χ0) is 30.0. The van der Waals surface area contributed by atoms with Gasteiger partial charge in [-0.1, -0.05) is 80.3 Å². The van der Waals surface area contributed by atoms with Crippen LogP contribution in [0.4, 0.5) is 0 Å². The van der Waals surface area contributed by atoms with Gasteiger partial charge in [-0.05, 0) is 41.4 Å². The minimum atomic E-state index is -1.43. The lowest BCUT2D eigenvalue weighted by molar-refractivity contribution is -0.309. The molecule has 0 spiro atoms. The molecular formula is C33H42O8Si. The van der Waals surface area contributed by atoms with Gasteiger partial charge < -0.3 is 33.5 Å². The lowest BCUT2D eigenvalue weighted by Crippen LogP contribution is -2.61. The quantitative estimate of drug-likeness (QED) is 0.194. The lowest BCUT2D eigenvalue weighted by atomic mass is 9.98. The molecule has 0 radical (unpaired) electrons. The van der Waals surface area contributed by atoms with Crippen LogP contribution in [0, 0.1) is 0 Å². The molecule has 1 aliphatic heterocycles. The highest BCUT2D eigenvalue weighted by molar-refractivity contribution is 6.76. The summed E-state index contributed by atoms with van der Waals surface area (Å²) in [6.45, 7) is 7.84. The van der Waals surface area contributed by atoms with E-state index >= 15 is 0 Å². The molecule has 0 unspecified atom stereocenters. The number of rotatable bonds is 14. The third-order valence-corrected chi connectivity index (χ3v) is 8.70. The average molecular weight is 595 g/mol. The smallest absolute Gasteiger partial charge is 0.338 e. The van der Waals surface area contributed by atoms with E-state index in [1.807, 2.05) is 60.7 Å². The zero-order valence-electron chi connectivity index (χ0n) is 24.8. The Kier molecular flexibility index (Phi) is 11.7. The van der Waals surface area contributed by atoms with Crippen molar-refractivity contribution in [1.29, 1.82) is 0 Å². The van der Waals surface area contributed by atoms with E-state index in [0.29, 0.717) is 18.8 Å². The van der Waals surface area contributed by atoms with Gasteiger partial charge in [-0.15, -0.1) is 0 Å². The average Bonchev–Trinajstić information content (AvgIpc) is 2.99. The minimum absolute atomic E-state index is 0.103. The van der Waals surface area contributed by atoms with E-state index in [4.69, 9.17) is 28.4 Å². The van der Waals surface area contributed by atoms with Gasteiger partial charge >= 0.3 is 5.97 Å². The third kappa shape index (κ3) is 9.48. The molecule has 1 fully saturated rings. The topological polar surface area (TPSA) is 92.7 Å². The first kappa shape index (κ1) is 31.9. The van der Waals surface area contributed by atoms with Gasteiger partial charge in [-0.3, -0.25) is 0 Å². The Balaban J connectivity index is 1.55. The van der Waals surface area contributed by atoms with Crippen LogP contribution >= 0.6 is 0 Å². The number of ether oxygens (including phenoxy) is 6. The van der Waals surface area contributed by atoms with Crippen LogP contribution in [0.2, 0.25) is 25.7 Å². The van der Waals surface area contributed by atoms with Crippen molar-refractivity contribution in [2.75, 3.05) is 20.3 Å². The van der Waals surface area contributed by atoms with Gasteiger partial charge in [0.05, 0.1) is 32.5 Å². The second-order valence-electron chi connectivity index (χ2n) is 11.6. The number of esters is 1. The van der Waals surface area contributed by atoms with Crippen molar-refractivity contribution >= 4 is 14.0 Å². The first-order valence-electron chi connectivity index (χ1n) is 14.3. The largest absolute Gasteiger partial charge is 0.497 e. The van der Waals surface area contributed by atoms with Crippen LogP contribution in [0.1, 0.15) is 21.5 Å². The van der Waals surface area contributed by atoms with E-state index in [1.165, 1.54) is 0 Å². The van der Waals surface area contributed by atoms with Gasteiger partial charge in [0.1, 0.15) is 24.1 Å². The Morgan fingerprint density at radius 3 is 2.12 bits per heavy atom. The normalized spacial score (nSPS) is 22.5. The Morgan fingerprint density at radius 1 is 0.833 bits per heavy atom. The molecule has 3 aromatic carbocycles. The van der Waals surface area contributed by atoms with Gasteiger partial charge in [-0.25, -0.2) is 4.79 Å². The highest BCUT2D eigenvalue weighted by atomic mass is 28.3. The van der Waals surface area contributed by atoms with Crippen molar-refractivity contribution in [2.45, 2.75) is 69.6 Å². The fourth-order valence-electron chi connectivity index (χ4n) is 4.51. The fourth-order valence-corrected chi connectivity index (χ4v) is 5.24. The second-order valence-corrected chi connectivity index (χ2v) is 17.2. The summed E-state index contributed by atoms with van der Waals surface area (Å²) >= 11 is 0. The van der Waals surface area contributed by atoms with E-state index in [0.717, 1.165) is 22.9 Å². The summed E-state index contributed by atoms with van der Waals surface area (Å²) in [4.78, 5) is 13.2. The molecule has 42 heavy (non-hydrogen) atoms. The lowest BCUT2D eigenvalue weighted by Gasteiger charge is -2.43. The van der Waals surface area contributed by atoms with Gasteiger partial charge in [0.2, 0.25) is 0 Å². The first-order valence-corrected chi connectivity index (χ1v) is 18.0. The molecule has 0 bridgehead atoms. The molecule has 226 valence electrons. The fraction of sp³-hybridized carbons (Fsp3) is 0.424. The summed E-state index contributed by atoms with van der Waals surface area (Å²) in [5, 5.41) is 11.5. The minimum Gasteiger partial charge on any atom is -0.497 e. The van der Waals surface area contributed by atoms with Crippen molar-refractivity contribution in [2.24, 2.45) is 0 Å². The summed E-state index contributed by atoms with van der Waals surface area (Å²) in [6.07, 6.45) is -4.82. The van der Waals surface area contributed by atoms with E-state index in [-0.39, 0.29) is 13.2 Å².